The number of amides is 1. The van der Waals surface area contributed by atoms with E-state index in [2.05, 4.69) is 37.2 Å². The summed E-state index contributed by atoms with van der Waals surface area (Å²) in [7, 11) is 0. The Kier molecular flexibility index (Phi) is 7.14. The van der Waals surface area contributed by atoms with Crippen LogP contribution in [0.3, 0.4) is 0 Å². The smallest absolute Gasteiger partial charge is 0.248 e. The average Bonchev–Trinajstić information content (AvgIpc) is 3.46. The van der Waals surface area contributed by atoms with Crippen LogP contribution in [0.15, 0.2) is 86.2 Å². The lowest BCUT2D eigenvalue weighted by Gasteiger charge is -2.11. The van der Waals surface area contributed by atoms with Crippen molar-refractivity contribution in [3.8, 4) is 21.9 Å². The number of fused-ring (bicyclic) bond motifs is 1. The first kappa shape index (κ1) is 24.3. The number of aromatic nitrogens is 1. The van der Waals surface area contributed by atoms with Crippen molar-refractivity contribution in [2.24, 2.45) is 0 Å². The number of carbonyl (C=O) groups excluding carboxylic acids is 1. The van der Waals surface area contributed by atoms with Gasteiger partial charge in [0, 0.05) is 36.2 Å². The van der Waals surface area contributed by atoms with Crippen LogP contribution in [0.25, 0.3) is 38.2 Å². The van der Waals surface area contributed by atoms with Crippen LogP contribution in [0.5, 0.6) is 0 Å². The average molecular weight is 649 g/mol. The van der Waals surface area contributed by atoms with Crippen molar-refractivity contribution in [2.75, 3.05) is 5.32 Å². The minimum Gasteiger partial charge on any atom is -0.457 e. The fourth-order valence-electron chi connectivity index (χ4n) is 3.47. The van der Waals surface area contributed by atoms with Crippen molar-refractivity contribution in [1.82, 2.24) is 4.98 Å². The second-order valence-electron chi connectivity index (χ2n) is 7.48. The second-order valence-corrected chi connectivity index (χ2v) is 11.2. The molecule has 0 saturated heterocycles. The third-order valence-corrected chi connectivity index (χ3v) is 7.59. The van der Waals surface area contributed by atoms with Crippen LogP contribution >= 0.6 is 66.4 Å². The highest BCUT2D eigenvalue weighted by Crippen LogP contribution is 2.40. The van der Waals surface area contributed by atoms with E-state index >= 15 is 0 Å². The van der Waals surface area contributed by atoms with Crippen LogP contribution in [-0.2, 0) is 4.79 Å². The molecule has 2 aromatic heterocycles. The summed E-state index contributed by atoms with van der Waals surface area (Å²) in [5, 5.41) is 4.81. The Balaban J connectivity index is 1.39. The van der Waals surface area contributed by atoms with Gasteiger partial charge in [-0.25, -0.2) is 4.98 Å². The van der Waals surface area contributed by atoms with E-state index in [1.54, 1.807) is 47.7 Å². The van der Waals surface area contributed by atoms with E-state index < -0.39 is 0 Å². The molecule has 1 amide bonds. The molecule has 0 unspecified atom stereocenters. The zero-order valence-electron chi connectivity index (χ0n) is 17.7. The van der Waals surface area contributed by atoms with Gasteiger partial charge in [0.1, 0.15) is 16.5 Å². The summed E-state index contributed by atoms with van der Waals surface area (Å²) >= 11 is 20.8. The molecule has 0 aliphatic heterocycles. The SMILES string of the molecule is O=C(/C=C/c1ccc(-c2cc(Cl)cc(Cl)c2)o1)Nc1c(Br)cc(Br)cc1-c1nc2ccccc2s1. The van der Waals surface area contributed by atoms with Gasteiger partial charge in [-0.2, -0.15) is 0 Å². The summed E-state index contributed by atoms with van der Waals surface area (Å²) in [6.45, 7) is 0. The monoisotopic (exact) mass is 646 g/mol. The molecule has 9 heteroatoms. The predicted molar refractivity (Wildman–Crippen MR) is 152 cm³/mol. The molecule has 0 atom stereocenters. The van der Waals surface area contributed by atoms with Crippen molar-refractivity contribution < 1.29 is 9.21 Å². The Labute approximate surface area is 231 Å². The molecule has 0 radical (unpaired) electrons. The first-order valence-corrected chi connectivity index (χ1v) is 13.4. The van der Waals surface area contributed by atoms with Gasteiger partial charge in [0.25, 0.3) is 0 Å². The van der Waals surface area contributed by atoms with Crippen molar-refractivity contribution in [3.05, 3.63) is 97.6 Å². The fourth-order valence-corrected chi connectivity index (χ4v) is 6.31. The van der Waals surface area contributed by atoms with E-state index in [4.69, 9.17) is 32.6 Å². The molecular weight excluding hydrogens is 635 g/mol. The van der Waals surface area contributed by atoms with Crippen LogP contribution in [0.4, 0.5) is 5.69 Å². The Morgan fingerprint density at radius 2 is 1.77 bits per heavy atom. The summed E-state index contributed by atoms with van der Waals surface area (Å²) in [4.78, 5) is 17.6. The van der Waals surface area contributed by atoms with Gasteiger partial charge in [-0.1, -0.05) is 51.3 Å². The minimum atomic E-state index is -0.306. The number of rotatable bonds is 5. The highest BCUT2D eigenvalue weighted by Gasteiger charge is 2.16. The quantitative estimate of drug-likeness (QED) is 0.193. The maximum absolute atomic E-state index is 12.8. The summed E-state index contributed by atoms with van der Waals surface area (Å²) in [5.74, 6) is 0.815. The second kappa shape index (κ2) is 10.3. The molecule has 4 nitrogen and oxygen atoms in total. The number of anilines is 1. The molecular formula is C26H14Br2Cl2N2O2S. The maximum atomic E-state index is 12.8. The molecule has 1 N–H and O–H groups in total. The molecule has 0 aliphatic carbocycles. The molecule has 3 aromatic carbocycles. The number of thiazole rings is 1. The number of benzene rings is 3. The first-order valence-electron chi connectivity index (χ1n) is 10.3. The number of nitrogens with zero attached hydrogens (tertiary/aromatic N) is 1. The maximum Gasteiger partial charge on any atom is 0.248 e. The third-order valence-electron chi connectivity index (χ3n) is 5.00. The fraction of sp³-hybridized carbons (Fsp3) is 0. The van der Waals surface area contributed by atoms with Gasteiger partial charge in [-0.3, -0.25) is 4.79 Å². The topological polar surface area (TPSA) is 55.1 Å². The molecule has 0 bridgehead atoms. The third kappa shape index (κ3) is 5.55. The minimum absolute atomic E-state index is 0.306. The van der Waals surface area contributed by atoms with Gasteiger partial charge in [-0.05, 0) is 76.6 Å². The number of hydrogen-bond acceptors (Lipinski definition) is 4. The summed E-state index contributed by atoms with van der Waals surface area (Å²) in [5.41, 5.74) is 3.11. The van der Waals surface area contributed by atoms with Crippen LogP contribution in [0, 0.1) is 0 Å². The molecule has 5 rings (SSSR count). The highest BCUT2D eigenvalue weighted by atomic mass is 79.9. The number of hydrogen-bond donors (Lipinski definition) is 1. The largest absolute Gasteiger partial charge is 0.457 e. The summed E-state index contributed by atoms with van der Waals surface area (Å²) in [6.07, 6.45) is 3.03. The Morgan fingerprint density at radius 3 is 2.54 bits per heavy atom. The lowest BCUT2D eigenvalue weighted by Crippen LogP contribution is -2.09. The summed E-state index contributed by atoms with van der Waals surface area (Å²) < 4.78 is 8.52. The van der Waals surface area contributed by atoms with Crippen LogP contribution in [0.2, 0.25) is 10.0 Å². The number of para-hydroxylation sites is 1. The zero-order valence-corrected chi connectivity index (χ0v) is 23.2. The molecule has 35 heavy (non-hydrogen) atoms. The molecule has 174 valence electrons. The van der Waals surface area contributed by atoms with Crippen molar-refractivity contribution in [1.29, 1.82) is 0 Å². The van der Waals surface area contributed by atoms with E-state index in [1.807, 2.05) is 36.4 Å². The highest BCUT2D eigenvalue weighted by molar-refractivity contribution is 9.11. The van der Waals surface area contributed by atoms with Crippen molar-refractivity contribution in [2.45, 2.75) is 0 Å². The van der Waals surface area contributed by atoms with Crippen LogP contribution < -0.4 is 5.32 Å². The molecule has 0 spiro atoms. The molecule has 5 aromatic rings. The summed E-state index contributed by atoms with van der Waals surface area (Å²) in [6, 6.07) is 20.5. The molecule has 0 aliphatic rings. The Morgan fingerprint density at radius 1 is 1.00 bits per heavy atom. The van der Waals surface area contributed by atoms with Gasteiger partial charge in [-0.15, -0.1) is 11.3 Å². The van der Waals surface area contributed by atoms with Crippen LogP contribution in [-0.4, -0.2) is 10.9 Å². The first-order chi connectivity index (χ1) is 16.9. The lowest BCUT2D eigenvalue weighted by molar-refractivity contribution is -0.111. The Hall–Kier alpha value is -2.42. The van der Waals surface area contributed by atoms with Crippen molar-refractivity contribution in [3.63, 3.8) is 0 Å². The molecule has 2 heterocycles. The van der Waals surface area contributed by atoms with E-state index in [0.29, 0.717) is 27.3 Å². The van der Waals surface area contributed by atoms with Gasteiger partial charge in [0.05, 0.1) is 15.9 Å². The van der Waals surface area contributed by atoms with E-state index in [9.17, 15) is 4.79 Å². The molecule has 0 saturated carbocycles. The van der Waals surface area contributed by atoms with E-state index in [0.717, 1.165) is 35.3 Å². The van der Waals surface area contributed by atoms with Crippen LogP contribution in [0.1, 0.15) is 5.76 Å². The predicted octanol–water partition coefficient (Wildman–Crippen LogP) is 9.71. The van der Waals surface area contributed by atoms with Crippen molar-refractivity contribution >= 4 is 94.3 Å². The van der Waals surface area contributed by atoms with E-state index in [-0.39, 0.29) is 5.91 Å². The van der Waals surface area contributed by atoms with Gasteiger partial charge < -0.3 is 9.73 Å². The Bertz CT molecular complexity index is 1560. The van der Waals surface area contributed by atoms with Gasteiger partial charge in [0.2, 0.25) is 5.91 Å². The lowest BCUT2D eigenvalue weighted by atomic mass is 10.2. The molecule has 0 fully saturated rings. The standard InChI is InChI=1S/C26H14Br2Cl2N2O2S/c27-15-11-19(26-31-21-3-1-2-4-23(21)35-26)25(20(28)12-15)32-24(33)8-6-18-5-7-22(34-18)14-9-16(29)13-17(30)10-14/h1-13H,(H,32,33)/b8-6+. The van der Waals surface area contributed by atoms with E-state index in [1.165, 1.54) is 6.08 Å². The number of halogens is 4. The number of carbonyl (C=O) groups is 1. The van der Waals surface area contributed by atoms with Gasteiger partial charge >= 0.3 is 0 Å². The van der Waals surface area contributed by atoms with Gasteiger partial charge in [0.15, 0.2) is 0 Å². The zero-order chi connectivity index (χ0) is 24.5. The number of nitrogens with one attached hydrogen (secondary N) is 1. The number of furan rings is 1. The normalized spacial score (nSPS) is 11.4.